The van der Waals surface area contributed by atoms with E-state index in [9.17, 15) is 26.7 Å². The van der Waals surface area contributed by atoms with Crippen LogP contribution in [0.4, 0.5) is 27.8 Å². The first kappa shape index (κ1) is 23.0. The van der Waals surface area contributed by atoms with Crippen molar-refractivity contribution >= 4 is 23.3 Å². The molecular formula is C21H16ClF5N4O2. The molecule has 4 rings (SSSR count). The number of hydrogen-bond acceptors (Lipinski definition) is 4. The molecule has 1 aromatic heterocycles. The third-order valence-corrected chi connectivity index (χ3v) is 5.37. The van der Waals surface area contributed by atoms with E-state index in [4.69, 9.17) is 16.3 Å². The molecular weight excluding hydrogens is 471 g/mol. The van der Waals surface area contributed by atoms with Crippen molar-refractivity contribution in [3.8, 4) is 0 Å². The fraction of sp³-hybridized carbons (Fsp3) is 0.238. The van der Waals surface area contributed by atoms with E-state index in [0.29, 0.717) is 17.2 Å². The molecule has 0 aliphatic carbocycles. The van der Waals surface area contributed by atoms with Crippen molar-refractivity contribution in [2.75, 3.05) is 12.0 Å². The lowest BCUT2D eigenvalue weighted by molar-refractivity contribution is -0.137. The number of aromatic nitrogens is 2. The first-order valence-electron chi connectivity index (χ1n) is 9.55. The summed E-state index contributed by atoms with van der Waals surface area (Å²) in [5, 5.41) is 10.1. The standard InChI is InChI=1S/C21H16ClF5N4O2/c1-31-18-16(17(29-20(18)32)14-7-12(23)2-3-15(14)22)19(30-31)28-9-33-8-10-4-11(21(25,26)27)6-13(24)5-10/h2-7,17H,8-9H2,1H3,(H,28,30)(H,29,32). The van der Waals surface area contributed by atoms with Crippen LogP contribution in [0.2, 0.25) is 5.02 Å². The van der Waals surface area contributed by atoms with E-state index in [1.807, 2.05) is 0 Å². The number of rotatable bonds is 6. The first-order valence-corrected chi connectivity index (χ1v) is 9.93. The summed E-state index contributed by atoms with van der Waals surface area (Å²) in [6.45, 7) is -0.516. The highest BCUT2D eigenvalue weighted by atomic mass is 35.5. The minimum Gasteiger partial charge on any atom is -0.357 e. The van der Waals surface area contributed by atoms with Crippen LogP contribution >= 0.6 is 11.6 Å². The number of benzene rings is 2. The lowest BCUT2D eigenvalue weighted by Crippen LogP contribution is -2.23. The molecule has 0 saturated heterocycles. The Hall–Kier alpha value is -3.18. The second-order valence-electron chi connectivity index (χ2n) is 7.32. The Morgan fingerprint density at radius 3 is 2.67 bits per heavy atom. The van der Waals surface area contributed by atoms with Gasteiger partial charge in [0, 0.05) is 17.6 Å². The Balaban J connectivity index is 1.51. The number of aryl methyl sites for hydroxylation is 1. The minimum atomic E-state index is -4.68. The number of nitrogens with zero attached hydrogens (tertiary/aromatic N) is 2. The van der Waals surface area contributed by atoms with Crippen molar-refractivity contribution in [1.29, 1.82) is 0 Å². The van der Waals surface area contributed by atoms with Crippen LogP contribution in [0.5, 0.6) is 0 Å². The highest BCUT2D eigenvalue weighted by Crippen LogP contribution is 2.38. The second-order valence-corrected chi connectivity index (χ2v) is 7.73. The normalized spacial score (nSPS) is 15.5. The molecule has 0 bridgehead atoms. The monoisotopic (exact) mass is 486 g/mol. The molecule has 6 nitrogen and oxygen atoms in total. The van der Waals surface area contributed by atoms with Gasteiger partial charge in [-0.1, -0.05) is 11.6 Å². The van der Waals surface area contributed by atoms with E-state index in [2.05, 4.69) is 15.7 Å². The molecule has 1 aliphatic rings. The van der Waals surface area contributed by atoms with Gasteiger partial charge < -0.3 is 15.4 Å². The Morgan fingerprint density at radius 2 is 1.94 bits per heavy atom. The summed E-state index contributed by atoms with van der Waals surface area (Å²) in [4.78, 5) is 12.4. The number of hydrogen-bond donors (Lipinski definition) is 2. The fourth-order valence-corrected chi connectivity index (χ4v) is 3.87. The van der Waals surface area contributed by atoms with Gasteiger partial charge in [0.15, 0.2) is 5.82 Å². The lowest BCUT2D eigenvalue weighted by atomic mass is 10.0. The lowest BCUT2D eigenvalue weighted by Gasteiger charge is -2.15. The highest BCUT2D eigenvalue weighted by Gasteiger charge is 2.38. The Bertz CT molecular complexity index is 1230. The molecule has 2 aromatic carbocycles. The van der Waals surface area contributed by atoms with Gasteiger partial charge in [0.1, 0.15) is 24.1 Å². The van der Waals surface area contributed by atoms with E-state index in [-0.39, 0.29) is 35.4 Å². The molecule has 174 valence electrons. The third-order valence-electron chi connectivity index (χ3n) is 5.03. The van der Waals surface area contributed by atoms with E-state index in [1.54, 1.807) is 7.05 Å². The van der Waals surface area contributed by atoms with Gasteiger partial charge in [-0.25, -0.2) is 8.78 Å². The molecule has 33 heavy (non-hydrogen) atoms. The van der Waals surface area contributed by atoms with Crippen LogP contribution in [0.15, 0.2) is 36.4 Å². The maximum Gasteiger partial charge on any atom is 0.416 e. The molecule has 1 unspecified atom stereocenters. The second kappa shape index (κ2) is 8.64. The van der Waals surface area contributed by atoms with Crippen LogP contribution < -0.4 is 10.6 Å². The van der Waals surface area contributed by atoms with E-state index in [0.717, 1.165) is 12.1 Å². The first-order chi connectivity index (χ1) is 15.5. The van der Waals surface area contributed by atoms with Gasteiger partial charge >= 0.3 is 6.18 Å². The number of ether oxygens (including phenoxy) is 1. The van der Waals surface area contributed by atoms with Crippen molar-refractivity contribution in [3.05, 3.63) is 81.0 Å². The number of amides is 1. The number of halogens is 6. The predicted molar refractivity (Wildman–Crippen MR) is 109 cm³/mol. The van der Waals surface area contributed by atoms with Gasteiger partial charge in [-0.15, -0.1) is 0 Å². The summed E-state index contributed by atoms with van der Waals surface area (Å²) in [6, 6.07) is 5.14. The van der Waals surface area contributed by atoms with Gasteiger partial charge in [0.05, 0.1) is 23.8 Å². The van der Waals surface area contributed by atoms with Crippen molar-refractivity contribution < 1.29 is 31.5 Å². The quantitative estimate of drug-likeness (QED) is 0.299. The highest BCUT2D eigenvalue weighted by molar-refractivity contribution is 6.31. The van der Waals surface area contributed by atoms with Crippen molar-refractivity contribution in [2.24, 2.45) is 7.05 Å². The van der Waals surface area contributed by atoms with Gasteiger partial charge in [0.25, 0.3) is 5.91 Å². The maximum absolute atomic E-state index is 13.8. The Labute approximate surface area is 189 Å². The molecule has 12 heteroatoms. The van der Waals surface area contributed by atoms with E-state index < -0.39 is 35.3 Å². The van der Waals surface area contributed by atoms with Crippen LogP contribution in [0.3, 0.4) is 0 Å². The van der Waals surface area contributed by atoms with E-state index >= 15 is 0 Å². The number of carbonyl (C=O) groups is 1. The number of alkyl halides is 3. The summed E-state index contributed by atoms with van der Waals surface area (Å²) >= 11 is 6.20. The number of fused-ring (bicyclic) bond motifs is 1. The van der Waals surface area contributed by atoms with Crippen molar-refractivity contribution in [3.63, 3.8) is 0 Å². The van der Waals surface area contributed by atoms with Crippen LogP contribution in [0.1, 0.15) is 38.8 Å². The van der Waals surface area contributed by atoms with Gasteiger partial charge in [-0.3, -0.25) is 9.48 Å². The molecule has 2 heterocycles. The van der Waals surface area contributed by atoms with E-state index in [1.165, 1.54) is 22.9 Å². The molecule has 1 aliphatic heterocycles. The molecule has 0 radical (unpaired) electrons. The third kappa shape index (κ3) is 4.64. The van der Waals surface area contributed by atoms with Crippen molar-refractivity contribution in [1.82, 2.24) is 15.1 Å². The molecule has 2 N–H and O–H groups in total. The zero-order valence-electron chi connectivity index (χ0n) is 16.9. The minimum absolute atomic E-state index is 0.00311. The smallest absolute Gasteiger partial charge is 0.357 e. The SMILES string of the molecule is Cn1nc(NCOCc2cc(F)cc(C(F)(F)F)c2)c2c1C(=O)NC2c1cc(F)ccc1Cl. The Morgan fingerprint density at radius 1 is 1.18 bits per heavy atom. The zero-order valence-corrected chi connectivity index (χ0v) is 17.7. The number of anilines is 1. The predicted octanol–water partition coefficient (Wildman–Crippen LogP) is 4.79. The van der Waals surface area contributed by atoms with Crippen LogP contribution in [0.25, 0.3) is 0 Å². The van der Waals surface area contributed by atoms with Crippen molar-refractivity contribution in [2.45, 2.75) is 18.8 Å². The van der Waals surface area contributed by atoms with Crippen LogP contribution in [0, 0.1) is 11.6 Å². The summed E-state index contributed by atoms with van der Waals surface area (Å²) in [6.07, 6.45) is -4.68. The average molecular weight is 487 g/mol. The zero-order chi connectivity index (χ0) is 23.9. The maximum atomic E-state index is 13.8. The van der Waals surface area contributed by atoms with Gasteiger partial charge in [-0.05, 0) is 42.0 Å². The fourth-order valence-electron chi connectivity index (χ4n) is 3.64. The van der Waals surface area contributed by atoms with Crippen LogP contribution in [-0.2, 0) is 24.6 Å². The summed E-state index contributed by atoms with van der Waals surface area (Å²) in [7, 11) is 1.55. The number of carbonyl (C=O) groups excluding carboxylic acids is 1. The molecule has 1 amide bonds. The average Bonchev–Trinajstić information content (AvgIpc) is 3.24. The molecule has 3 aromatic rings. The molecule has 0 saturated carbocycles. The largest absolute Gasteiger partial charge is 0.416 e. The van der Waals surface area contributed by atoms with Gasteiger partial charge in [0.2, 0.25) is 0 Å². The van der Waals surface area contributed by atoms with Gasteiger partial charge in [-0.2, -0.15) is 18.3 Å². The molecule has 0 spiro atoms. The summed E-state index contributed by atoms with van der Waals surface area (Å²) in [5.41, 5.74) is -0.126. The molecule has 0 fully saturated rings. The number of nitrogens with one attached hydrogen (secondary N) is 2. The summed E-state index contributed by atoms with van der Waals surface area (Å²) < 4.78 is 72.6. The summed E-state index contributed by atoms with van der Waals surface area (Å²) in [5.74, 6) is -1.75. The molecule has 1 atom stereocenters. The topological polar surface area (TPSA) is 68.2 Å². The van der Waals surface area contributed by atoms with Crippen LogP contribution in [-0.4, -0.2) is 22.4 Å². The Kier molecular flexibility index (Phi) is 6.02.